The van der Waals surface area contributed by atoms with E-state index in [0.29, 0.717) is 60.1 Å². The fraction of sp³-hybridized carbons (Fsp3) is 0.417. The summed E-state index contributed by atoms with van der Waals surface area (Å²) >= 11 is 1.48. The number of hydrogen-bond acceptors (Lipinski definition) is 9. The number of nitrogens with one attached hydrogen (secondary N) is 2. The minimum absolute atomic E-state index is 0. The molecular weight excluding hydrogens is 542 g/mol. The van der Waals surface area contributed by atoms with Crippen molar-refractivity contribution in [1.29, 1.82) is 0 Å². The van der Waals surface area contributed by atoms with Gasteiger partial charge in [-0.15, -0.1) is 36.6 Å². The Morgan fingerprint density at radius 3 is 2.89 bits per heavy atom. The zero-order chi connectivity index (χ0) is 24.4. The van der Waals surface area contributed by atoms with Crippen LogP contribution in [-0.2, 0) is 17.8 Å². The van der Waals surface area contributed by atoms with Crippen LogP contribution in [0.3, 0.4) is 0 Å². The second-order valence-corrected chi connectivity index (χ2v) is 9.70. The van der Waals surface area contributed by atoms with Crippen molar-refractivity contribution in [2.24, 2.45) is 0 Å². The number of nitrogens with zero attached hydrogens (tertiary/aromatic N) is 4. The van der Waals surface area contributed by atoms with E-state index in [1.54, 1.807) is 12.1 Å². The number of aliphatic hydroxyl groups excluding tert-OH is 1. The molecule has 2 aliphatic rings. The molecule has 1 amide bonds. The SMILES string of the molecule is COc1ccc2ncc(F)c(CCN3CC[C@H](NCc4ccc5c(n4)NC(=O)CS5)[C@H](O)C3)c2n1.Cl.Cl. The number of fused-ring (bicyclic) bond motifs is 2. The fourth-order valence-corrected chi connectivity index (χ4v) is 5.23. The molecule has 13 heteroatoms. The van der Waals surface area contributed by atoms with Gasteiger partial charge in [-0.05, 0) is 37.6 Å². The molecule has 3 aromatic rings. The van der Waals surface area contributed by atoms with Crippen LogP contribution in [0.1, 0.15) is 17.7 Å². The smallest absolute Gasteiger partial charge is 0.235 e. The van der Waals surface area contributed by atoms with Crippen LogP contribution in [0.15, 0.2) is 35.4 Å². The first-order valence-corrected chi connectivity index (χ1v) is 12.5. The quantitative estimate of drug-likeness (QED) is 0.394. The van der Waals surface area contributed by atoms with E-state index in [2.05, 4.69) is 30.5 Å². The Morgan fingerprint density at radius 2 is 2.11 bits per heavy atom. The van der Waals surface area contributed by atoms with Crippen molar-refractivity contribution in [1.82, 2.24) is 25.2 Å². The molecule has 0 spiro atoms. The predicted octanol–water partition coefficient (Wildman–Crippen LogP) is 2.83. The molecule has 5 rings (SSSR count). The lowest BCUT2D eigenvalue weighted by atomic mass is 10.0. The number of carbonyl (C=O) groups excluding carboxylic acids is 1. The number of rotatable bonds is 7. The maximum absolute atomic E-state index is 14.6. The van der Waals surface area contributed by atoms with Crippen LogP contribution in [0.4, 0.5) is 10.2 Å². The zero-order valence-electron chi connectivity index (χ0n) is 20.1. The summed E-state index contributed by atoms with van der Waals surface area (Å²) in [4.78, 5) is 27.8. The van der Waals surface area contributed by atoms with Crippen molar-refractivity contribution in [3.8, 4) is 5.88 Å². The molecule has 3 N–H and O–H groups in total. The van der Waals surface area contributed by atoms with Crippen molar-refractivity contribution in [2.75, 3.05) is 37.8 Å². The maximum Gasteiger partial charge on any atom is 0.235 e. The second kappa shape index (κ2) is 13.0. The monoisotopic (exact) mass is 570 g/mol. The summed E-state index contributed by atoms with van der Waals surface area (Å²) in [5, 5.41) is 16.9. The first kappa shape index (κ1) is 29.3. The number of pyridine rings is 3. The Balaban J connectivity index is 0.00000190. The molecule has 2 aliphatic heterocycles. The van der Waals surface area contributed by atoms with E-state index in [1.165, 1.54) is 25.1 Å². The summed E-state index contributed by atoms with van der Waals surface area (Å²) in [7, 11) is 1.53. The molecular formula is C24H29Cl2FN6O3S. The molecule has 3 aromatic heterocycles. The van der Waals surface area contributed by atoms with Gasteiger partial charge in [-0.25, -0.2) is 14.4 Å². The topological polar surface area (TPSA) is 112 Å². The highest BCUT2D eigenvalue weighted by molar-refractivity contribution is 8.00. The number of thioether (sulfide) groups is 1. The molecule has 0 aliphatic carbocycles. The van der Waals surface area contributed by atoms with Gasteiger partial charge in [0.15, 0.2) is 0 Å². The van der Waals surface area contributed by atoms with Gasteiger partial charge in [0.2, 0.25) is 11.8 Å². The molecule has 200 valence electrons. The van der Waals surface area contributed by atoms with Gasteiger partial charge in [-0.1, -0.05) is 0 Å². The third-order valence-electron chi connectivity index (χ3n) is 6.37. The molecule has 1 fully saturated rings. The lowest BCUT2D eigenvalue weighted by molar-refractivity contribution is -0.113. The Hall–Kier alpha value is -2.28. The third-order valence-corrected chi connectivity index (χ3v) is 7.42. The minimum atomic E-state index is -0.561. The summed E-state index contributed by atoms with van der Waals surface area (Å²) < 4.78 is 19.8. The highest BCUT2D eigenvalue weighted by Crippen LogP contribution is 2.29. The van der Waals surface area contributed by atoms with Crippen molar-refractivity contribution >= 4 is 59.3 Å². The number of halogens is 3. The number of β-amino-alcohol motifs (C(OH)–C–C–N with tert-alkyl or cyclic N) is 1. The highest BCUT2D eigenvalue weighted by Gasteiger charge is 2.28. The number of carbonyl (C=O) groups is 1. The fourth-order valence-electron chi connectivity index (χ4n) is 4.48. The number of hydrogen-bond donors (Lipinski definition) is 3. The molecule has 0 radical (unpaired) electrons. The lowest BCUT2D eigenvalue weighted by Gasteiger charge is -2.36. The van der Waals surface area contributed by atoms with E-state index in [-0.39, 0.29) is 42.6 Å². The molecule has 0 aromatic carbocycles. The first-order chi connectivity index (χ1) is 17.0. The van der Waals surface area contributed by atoms with Gasteiger partial charge in [0.1, 0.15) is 11.6 Å². The summed E-state index contributed by atoms with van der Waals surface area (Å²) in [5.41, 5.74) is 2.45. The van der Waals surface area contributed by atoms with Gasteiger partial charge in [0, 0.05) is 37.3 Å². The van der Waals surface area contributed by atoms with Crippen LogP contribution in [0.2, 0.25) is 0 Å². The van der Waals surface area contributed by atoms with Crippen LogP contribution in [0.25, 0.3) is 11.0 Å². The summed E-state index contributed by atoms with van der Waals surface area (Å²) in [6.45, 7) is 2.36. The van der Waals surface area contributed by atoms with Crippen molar-refractivity contribution in [3.63, 3.8) is 0 Å². The average molecular weight is 572 g/mol. The van der Waals surface area contributed by atoms with Gasteiger partial charge >= 0.3 is 0 Å². The predicted molar refractivity (Wildman–Crippen MR) is 146 cm³/mol. The molecule has 0 saturated carbocycles. The number of likely N-dealkylation sites (tertiary alicyclic amines) is 1. The van der Waals surface area contributed by atoms with Crippen LogP contribution < -0.4 is 15.4 Å². The number of aliphatic hydroxyl groups is 1. The minimum Gasteiger partial charge on any atom is -0.481 e. The molecule has 0 unspecified atom stereocenters. The lowest BCUT2D eigenvalue weighted by Crippen LogP contribution is -2.52. The molecule has 37 heavy (non-hydrogen) atoms. The van der Waals surface area contributed by atoms with Crippen LogP contribution in [0.5, 0.6) is 5.88 Å². The first-order valence-electron chi connectivity index (χ1n) is 11.5. The van der Waals surface area contributed by atoms with Gasteiger partial charge < -0.3 is 25.4 Å². The average Bonchev–Trinajstić information content (AvgIpc) is 2.87. The second-order valence-electron chi connectivity index (χ2n) is 8.69. The summed E-state index contributed by atoms with van der Waals surface area (Å²) in [6, 6.07) is 7.32. The van der Waals surface area contributed by atoms with Crippen LogP contribution in [-0.4, -0.2) is 75.5 Å². The van der Waals surface area contributed by atoms with Gasteiger partial charge in [0.05, 0.1) is 46.8 Å². The molecule has 9 nitrogen and oxygen atoms in total. The number of amides is 1. The zero-order valence-corrected chi connectivity index (χ0v) is 22.6. The molecule has 2 atom stereocenters. The van der Waals surface area contributed by atoms with Crippen LogP contribution in [0, 0.1) is 5.82 Å². The highest BCUT2D eigenvalue weighted by atomic mass is 35.5. The Morgan fingerprint density at radius 1 is 1.27 bits per heavy atom. The van der Waals surface area contributed by atoms with E-state index in [4.69, 9.17) is 4.74 Å². The number of aromatic nitrogens is 3. The maximum atomic E-state index is 14.6. The van der Waals surface area contributed by atoms with Gasteiger partial charge in [-0.3, -0.25) is 9.78 Å². The van der Waals surface area contributed by atoms with E-state index < -0.39 is 6.10 Å². The van der Waals surface area contributed by atoms with Crippen LogP contribution >= 0.6 is 36.6 Å². The van der Waals surface area contributed by atoms with E-state index in [0.717, 1.165) is 23.6 Å². The largest absolute Gasteiger partial charge is 0.481 e. The Labute approximate surface area is 230 Å². The van der Waals surface area contributed by atoms with Gasteiger partial charge in [-0.2, -0.15) is 0 Å². The van der Waals surface area contributed by atoms with E-state index in [9.17, 15) is 14.3 Å². The van der Waals surface area contributed by atoms with Crippen molar-refractivity contribution in [3.05, 3.63) is 47.5 Å². The summed E-state index contributed by atoms with van der Waals surface area (Å²) in [6.07, 6.45) is 1.88. The standard InChI is InChI=1S/C24H27FN6O3S.2ClH/c1-34-22-5-3-18-23(30-22)15(16(25)11-27-18)6-8-31-9-7-17(19(32)12-31)26-10-14-2-4-20-24(28-14)29-21(33)13-35-20;;/h2-5,11,17,19,26,32H,6-10,12-13H2,1H3,(H,28,29,33);2*1H/t17-,19+;;/m0../s1. The Kier molecular flexibility index (Phi) is 10.3. The van der Waals surface area contributed by atoms with Crippen molar-refractivity contribution in [2.45, 2.75) is 36.4 Å². The Bertz CT molecular complexity index is 1260. The van der Waals surface area contributed by atoms with E-state index in [1.807, 2.05) is 12.1 Å². The third kappa shape index (κ3) is 6.78. The number of methoxy groups -OCH3 is 1. The van der Waals surface area contributed by atoms with E-state index >= 15 is 0 Å². The number of ether oxygens (including phenoxy) is 1. The number of anilines is 1. The number of piperidine rings is 1. The molecule has 0 bridgehead atoms. The van der Waals surface area contributed by atoms with Gasteiger partial charge in [0.25, 0.3) is 0 Å². The van der Waals surface area contributed by atoms with Crippen molar-refractivity contribution < 1.29 is 19.0 Å². The molecule has 5 heterocycles. The summed E-state index contributed by atoms with van der Waals surface area (Å²) in [5.74, 6) is 0.998. The molecule has 1 saturated heterocycles. The normalized spacial score (nSPS) is 19.4.